The Morgan fingerprint density at radius 2 is 1.70 bits per heavy atom. The van der Waals surface area contributed by atoms with E-state index in [1.54, 1.807) is 12.1 Å². The number of aryl methyl sites for hydroxylation is 1. The molecule has 1 saturated heterocycles. The zero-order valence-electron chi connectivity index (χ0n) is 17.0. The van der Waals surface area contributed by atoms with Gasteiger partial charge in [0.15, 0.2) is 0 Å². The Balaban J connectivity index is 1.82. The number of rotatable bonds is 5. The van der Waals surface area contributed by atoms with Gasteiger partial charge in [0, 0.05) is 36.8 Å². The quantitative estimate of drug-likeness (QED) is 0.584. The maximum Gasteiger partial charge on any atom is 0.236 e. The van der Waals surface area contributed by atoms with E-state index in [1.165, 1.54) is 12.1 Å². The molecular formula is C22H24ClN3O3S. The summed E-state index contributed by atoms with van der Waals surface area (Å²) in [6.45, 7) is 8.09. The predicted octanol–water partition coefficient (Wildman–Crippen LogP) is 4.28. The number of piperazine rings is 1. The highest BCUT2D eigenvalue weighted by Gasteiger charge is 2.32. The molecule has 4 rings (SSSR count). The number of halogens is 1. The molecule has 1 aliphatic heterocycles. The molecule has 3 aromatic rings. The molecule has 0 saturated carbocycles. The van der Waals surface area contributed by atoms with Gasteiger partial charge in [0.05, 0.1) is 4.90 Å². The van der Waals surface area contributed by atoms with Gasteiger partial charge in [0.25, 0.3) is 0 Å². The molecule has 30 heavy (non-hydrogen) atoms. The summed E-state index contributed by atoms with van der Waals surface area (Å²) in [5, 5.41) is 0.429. The number of hydrogen-bond acceptors (Lipinski definition) is 6. The second kappa shape index (κ2) is 8.41. The maximum absolute atomic E-state index is 13.5. The summed E-state index contributed by atoms with van der Waals surface area (Å²) in [7, 11) is -3.87. The standard InChI is InChI=1S/C22H24ClN3O3S/c1-3-25-12-14-26(15-13-25)22-21(30(27,28)18-10-8-17(23)9-11-18)24-20(29-22)19-7-5-4-6-16(19)2/h4-11H,3,12-15H2,1-2H3. The molecule has 1 aromatic heterocycles. The van der Waals surface area contributed by atoms with Gasteiger partial charge in [-0.2, -0.15) is 4.98 Å². The van der Waals surface area contributed by atoms with E-state index in [0.29, 0.717) is 29.9 Å². The molecule has 0 N–H and O–H groups in total. The molecule has 1 fully saturated rings. The number of nitrogens with zero attached hydrogens (tertiary/aromatic N) is 3. The van der Waals surface area contributed by atoms with Gasteiger partial charge in [0.1, 0.15) is 0 Å². The highest BCUT2D eigenvalue weighted by molar-refractivity contribution is 7.91. The van der Waals surface area contributed by atoms with Gasteiger partial charge in [-0.05, 0) is 49.4 Å². The van der Waals surface area contributed by atoms with E-state index in [4.69, 9.17) is 16.0 Å². The van der Waals surface area contributed by atoms with Crippen molar-refractivity contribution < 1.29 is 12.8 Å². The van der Waals surface area contributed by atoms with Crippen LogP contribution in [0.4, 0.5) is 5.88 Å². The number of likely N-dealkylation sites (N-methyl/N-ethyl adjacent to an activating group) is 1. The average molecular weight is 446 g/mol. The zero-order chi connectivity index (χ0) is 21.3. The van der Waals surface area contributed by atoms with Crippen LogP contribution in [0.15, 0.2) is 62.9 Å². The fraction of sp³-hybridized carbons (Fsp3) is 0.318. The van der Waals surface area contributed by atoms with Crippen molar-refractivity contribution in [2.24, 2.45) is 0 Å². The number of sulfone groups is 1. The highest BCUT2D eigenvalue weighted by atomic mass is 35.5. The SMILES string of the molecule is CCN1CCN(c2oc(-c3ccccc3C)nc2S(=O)(=O)c2ccc(Cl)cc2)CC1. The van der Waals surface area contributed by atoms with E-state index < -0.39 is 9.84 Å². The first-order valence-electron chi connectivity index (χ1n) is 9.95. The molecule has 0 unspecified atom stereocenters. The summed E-state index contributed by atoms with van der Waals surface area (Å²) in [5.74, 6) is 0.618. The molecule has 0 spiro atoms. The third kappa shape index (κ3) is 3.97. The Kier molecular flexibility index (Phi) is 5.86. The molecule has 0 aliphatic carbocycles. The fourth-order valence-corrected chi connectivity index (χ4v) is 5.04. The topological polar surface area (TPSA) is 66.7 Å². The Bertz CT molecular complexity index is 1130. The van der Waals surface area contributed by atoms with Crippen molar-refractivity contribution in [3.63, 3.8) is 0 Å². The van der Waals surface area contributed by atoms with Gasteiger partial charge in [0.2, 0.25) is 26.6 Å². The predicted molar refractivity (Wildman–Crippen MR) is 118 cm³/mol. The normalized spacial score (nSPS) is 15.5. The monoisotopic (exact) mass is 445 g/mol. The van der Waals surface area contributed by atoms with Crippen molar-refractivity contribution in [1.82, 2.24) is 9.88 Å². The summed E-state index contributed by atoms with van der Waals surface area (Å²) in [6, 6.07) is 13.8. The van der Waals surface area contributed by atoms with Gasteiger partial charge in [-0.25, -0.2) is 8.42 Å². The molecular weight excluding hydrogens is 422 g/mol. The minimum absolute atomic E-state index is 0.0481. The lowest BCUT2D eigenvalue weighted by Crippen LogP contribution is -2.46. The van der Waals surface area contributed by atoms with Crippen molar-refractivity contribution in [2.45, 2.75) is 23.8 Å². The minimum Gasteiger partial charge on any atom is -0.419 e. The van der Waals surface area contributed by atoms with Crippen molar-refractivity contribution in [1.29, 1.82) is 0 Å². The van der Waals surface area contributed by atoms with E-state index in [2.05, 4.69) is 16.8 Å². The number of oxazole rings is 1. The third-order valence-electron chi connectivity index (χ3n) is 5.44. The number of hydrogen-bond donors (Lipinski definition) is 0. The largest absolute Gasteiger partial charge is 0.419 e. The van der Waals surface area contributed by atoms with Crippen molar-refractivity contribution in [2.75, 3.05) is 37.6 Å². The van der Waals surface area contributed by atoms with E-state index in [0.717, 1.165) is 30.8 Å². The van der Waals surface area contributed by atoms with Crippen LogP contribution in [0, 0.1) is 6.92 Å². The van der Waals surface area contributed by atoms with Crippen LogP contribution in [0.1, 0.15) is 12.5 Å². The summed E-state index contributed by atoms with van der Waals surface area (Å²) in [4.78, 5) is 8.92. The second-order valence-electron chi connectivity index (χ2n) is 7.32. The van der Waals surface area contributed by atoms with Crippen LogP contribution in [0.25, 0.3) is 11.5 Å². The molecule has 2 heterocycles. The fourth-order valence-electron chi connectivity index (χ4n) is 3.59. The molecule has 0 amide bonds. The van der Waals surface area contributed by atoms with Crippen LogP contribution in [0.3, 0.4) is 0 Å². The Morgan fingerprint density at radius 1 is 1.03 bits per heavy atom. The van der Waals surface area contributed by atoms with Crippen LogP contribution in [-0.2, 0) is 9.84 Å². The van der Waals surface area contributed by atoms with Gasteiger partial charge in [-0.15, -0.1) is 0 Å². The van der Waals surface area contributed by atoms with E-state index in [1.807, 2.05) is 36.1 Å². The van der Waals surface area contributed by atoms with Crippen molar-refractivity contribution >= 4 is 27.3 Å². The van der Waals surface area contributed by atoms with Gasteiger partial charge < -0.3 is 14.2 Å². The Morgan fingerprint density at radius 3 is 2.33 bits per heavy atom. The molecule has 8 heteroatoms. The molecule has 6 nitrogen and oxygen atoms in total. The first-order chi connectivity index (χ1) is 14.4. The maximum atomic E-state index is 13.5. The molecule has 158 valence electrons. The number of aromatic nitrogens is 1. The molecule has 0 radical (unpaired) electrons. The lowest BCUT2D eigenvalue weighted by atomic mass is 10.1. The van der Waals surface area contributed by atoms with E-state index in [9.17, 15) is 8.42 Å². The molecule has 0 bridgehead atoms. The highest BCUT2D eigenvalue weighted by Crippen LogP contribution is 2.36. The third-order valence-corrected chi connectivity index (χ3v) is 7.36. The van der Waals surface area contributed by atoms with E-state index in [-0.39, 0.29) is 9.92 Å². The number of anilines is 1. The van der Waals surface area contributed by atoms with Crippen molar-refractivity contribution in [3.8, 4) is 11.5 Å². The first kappa shape index (κ1) is 20.9. The molecule has 0 atom stereocenters. The summed E-state index contributed by atoms with van der Waals surface area (Å²) >= 11 is 5.95. The summed E-state index contributed by atoms with van der Waals surface area (Å²) in [6.07, 6.45) is 0. The van der Waals surface area contributed by atoms with Gasteiger partial charge in [-0.3, -0.25) is 0 Å². The van der Waals surface area contributed by atoms with Crippen LogP contribution >= 0.6 is 11.6 Å². The van der Waals surface area contributed by atoms with Crippen LogP contribution in [-0.4, -0.2) is 51.0 Å². The summed E-state index contributed by atoms with van der Waals surface area (Å²) < 4.78 is 33.0. The zero-order valence-corrected chi connectivity index (χ0v) is 18.6. The molecule has 1 aliphatic rings. The van der Waals surface area contributed by atoms with Crippen molar-refractivity contribution in [3.05, 3.63) is 59.1 Å². The summed E-state index contributed by atoms with van der Waals surface area (Å²) in [5.41, 5.74) is 1.75. The lowest BCUT2D eigenvalue weighted by molar-refractivity contribution is 0.266. The van der Waals surface area contributed by atoms with Crippen LogP contribution < -0.4 is 4.90 Å². The minimum atomic E-state index is -3.87. The Labute approximate surface area is 182 Å². The van der Waals surface area contributed by atoms with E-state index >= 15 is 0 Å². The number of benzene rings is 2. The smallest absolute Gasteiger partial charge is 0.236 e. The van der Waals surface area contributed by atoms with Crippen LogP contribution in [0.2, 0.25) is 5.02 Å². The second-order valence-corrected chi connectivity index (χ2v) is 9.62. The lowest BCUT2D eigenvalue weighted by Gasteiger charge is -2.33. The first-order valence-corrected chi connectivity index (χ1v) is 11.8. The average Bonchev–Trinajstić information content (AvgIpc) is 3.20. The molecule has 2 aromatic carbocycles. The Hall–Kier alpha value is -2.35. The van der Waals surface area contributed by atoms with Crippen LogP contribution in [0.5, 0.6) is 0 Å². The van der Waals surface area contributed by atoms with Gasteiger partial charge >= 0.3 is 0 Å². The van der Waals surface area contributed by atoms with Gasteiger partial charge in [-0.1, -0.05) is 36.7 Å².